The van der Waals surface area contributed by atoms with Gasteiger partial charge in [-0.15, -0.1) is 0 Å². The van der Waals surface area contributed by atoms with E-state index in [1.807, 2.05) is 0 Å². The highest BCUT2D eigenvalue weighted by molar-refractivity contribution is 7.09. The Morgan fingerprint density at radius 1 is 0.257 bits per heavy atom. The van der Waals surface area contributed by atoms with E-state index in [2.05, 4.69) is 240 Å². The lowest BCUT2D eigenvalue weighted by Crippen LogP contribution is -2.72. The first-order valence-electron chi connectivity index (χ1n) is 28.1. The number of rotatable bonds is 28. The molecule has 70 heavy (non-hydrogen) atoms. The van der Waals surface area contributed by atoms with E-state index in [0.717, 1.165) is 37.8 Å². The number of unbranched alkanes of at least 4 members (excludes halogenated alkanes) is 6. The molecule has 0 aliphatic carbocycles. The van der Waals surface area contributed by atoms with Crippen molar-refractivity contribution in [1.82, 2.24) is 0 Å². The first-order chi connectivity index (χ1) is 33.4. The van der Waals surface area contributed by atoms with Crippen LogP contribution in [0.3, 0.4) is 0 Å². The van der Waals surface area contributed by atoms with Crippen LogP contribution < -0.4 is 31.1 Å². The van der Waals surface area contributed by atoms with Crippen molar-refractivity contribution < 1.29 is 8.23 Å². The van der Waals surface area contributed by atoms with Crippen LogP contribution in [0, 0.1) is 0 Å². The van der Waals surface area contributed by atoms with Crippen molar-refractivity contribution in [2.24, 2.45) is 0 Å². The smallest absolute Gasteiger partial charge is 0.245 e. The zero-order valence-corrected chi connectivity index (χ0v) is 53.4. The molecule has 0 bridgehead atoms. The lowest BCUT2D eigenvalue weighted by Gasteiger charge is -2.44. The zero-order valence-electron chi connectivity index (χ0n) is 47.4. The molecule has 8 heteroatoms. The van der Waals surface area contributed by atoms with Gasteiger partial charge in [0.15, 0.2) is 16.6 Å². The van der Waals surface area contributed by atoms with E-state index in [-0.39, 0.29) is 0 Å². The molecule has 386 valence electrons. The normalized spacial score (nSPS) is 12.4. The molecule has 0 unspecified atom stereocenters. The molecule has 0 aliphatic rings. The molecule has 0 radical (unpaired) electrons. The fraction of sp³-hybridized carbons (Fsp3) is 0.516. The molecule has 0 saturated carbocycles. The minimum absolute atomic E-state index is 1.10. The Balaban J connectivity index is 0.000000313. The van der Waals surface area contributed by atoms with Gasteiger partial charge in [0.1, 0.15) is 0 Å². The van der Waals surface area contributed by atoms with Gasteiger partial charge in [-0.05, 0) is 71.1 Å². The number of hydrogen-bond acceptors (Lipinski definition) is 2. The predicted octanol–water partition coefficient (Wildman–Crippen LogP) is 16.3. The van der Waals surface area contributed by atoms with Crippen molar-refractivity contribution in [3.05, 3.63) is 146 Å². The summed E-state index contributed by atoms with van der Waals surface area (Å²) in [4.78, 5) is 0. The van der Waals surface area contributed by atoms with Crippen molar-refractivity contribution in [3.8, 4) is 0 Å². The third-order valence-electron chi connectivity index (χ3n) is 14.6. The molecule has 2 nitrogen and oxygen atoms in total. The standard InChI is InChI=1S/C32H38OSi2.C18H34Si2.C12H30OSi2/c1-3-5-27-34(29-19-11-7-12-20-29,30-21-13-8-14-22-30)33-35(28-6-4-2,31-23-15-9-16-24-31)32-25-17-10-18-26-32;1-7-9-15-19(3,4)17-11-13-18(14-12-17)20(5,6)16-10-8-2;1-7-9-11-14(3,4)13-15(5,6)12-10-8-2/h7-26H,3-6,27-28H2,1-2H3;11-14H,7-10,15-16H2,1-6H3;7-12H2,1-6H3. The average molecular weight is 1050 g/mol. The summed E-state index contributed by atoms with van der Waals surface area (Å²) >= 11 is 0. The molecular formula is C62H102O2Si6. The Hall–Kier alpha value is -2.68. The molecule has 5 aromatic rings. The van der Waals surface area contributed by atoms with E-state index in [9.17, 15) is 0 Å². The minimum Gasteiger partial charge on any atom is -0.455 e. The van der Waals surface area contributed by atoms with E-state index in [4.69, 9.17) is 8.23 Å². The quantitative estimate of drug-likeness (QED) is 0.0465. The summed E-state index contributed by atoms with van der Waals surface area (Å²) in [6.45, 7) is 33.4. The molecule has 0 N–H and O–H groups in total. The summed E-state index contributed by atoms with van der Waals surface area (Å²) in [5.74, 6) is 0. The molecule has 0 atom stereocenters. The molecule has 0 heterocycles. The summed E-state index contributed by atoms with van der Waals surface area (Å²) in [5.41, 5.74) is 0. The maximum absolute atomic E-state index is 8.05. The fourth-order valence-electron chi connectivity index (χ4n) is 10.2. The second-order valence-corrected chi connectivity index (χ2v) is 48.8. The van der Waals surface area contributed by atoms with Crippen LogP contribution in [0.1, 0.15) is 119 Å². The third kappa shape index (κ3) is 19.6. The van der Waals surface area contributed by atoms with E-state index >= 15 is 0 Å². The summed E-state index contributed by atoms with van der Waals surface area (Å²) in [5, 5.41) is 8.85. The first-order valence-corrected chi connectivity index (χ1v) is 45.0. The van der Waals surface area contributed by atoms with Gasteiger partial charge < -0.3 is 8.23 Å². The van der Waals surface area contributed by atoms with Crippen LogP contribution in [-0.2, 0) is 8.23 Å². The van der Waals surface area contributed by atoms with Gasteiger partial charge in [-0.3, -0.25) is 0 Å². The van der Waals surface area contributed by atoms with Gasteiger partial charge in [-0.1, -0.05) is 313 Å². The van der Waals surface area contributed by atoms with Crippen LogP contribution in [0.15, 0.2) is 146 Å². The summed E-state index contributed by atoms with van der Waals surface area (Å²) in [6, 6.07) is 62.2. The molecule has 0 aliphatic heterocycles. The van der Waals surface area contributed by atoms with Gasteiger partial charge in [-0.2, -0.15) is 0 Å². The first kappa shape index (κ1) is 61.6. The van der Waals surface area contributed by atoms with Crippen LogP contribution in [-0.4, -0.2) is 49.4 Å². The van der Waals surface area contributed by atoms with Crippen molar-refractivity contribution in [1.29, 1.82) is 0 Å². The second-order valence-electron chi connectivity index (χ2n) is 22.8. The lowest BCUT2D eigenvalue weighted by molar-refractivity contribution is 0.529. The van der Waals surface area contributed by atoms with Gasteiger partial charge in [0.05, 0.1) is 16.1 Å². The van der Waals surface area contributed by atoms with Gasteiger partial charge in [0.2, 0.25) is 16.6 Å². The Kier molecular flexibility index (Phi) is 27.4. The van der Waals surface area contributed by atoms with Crippen LogP contribution in [0.25, 0.3) is 0 Å². The highest BCUT2D eigenvalue weighted by atomic mass is 28.4. The van der Waals surface area contributed by atoms with E-state index in [0.29, 0.717) is 0 Å². The predicted molar refractivity (Wildman–Crippen MR) is 332 cm³/mol. The topological polar surface area (TPSA) is 18.5 Å². The molecule has 0 aromatic heterocycles. The third-order valence-corrected chi connectivity index (χ3v) is 39.2. The van der Waals surface area contributed by atoms with Crippen LogP contribution in [0.4, 0.5) is 0 Å². The Morgan fingerprint density at radius 2 is 0.486 bits per heavy atom. The van der Waals surface area contributed by atoms with Gasteiger partial charge in [0.25, 0.3) is 0 Å². The molecule has 0 amide bonds. The summed E-state index contributed by atoms with van der Waals surface area (Å²) in [6.07, 6.45) is 15.4. The molecule has 5 aromatic carbocycles. The summed E-state index contributed by atoms with van der Waals surface area (Å²) < 4.78 is 14.6. The Labute approximate surface area is 438 Å². The van der Waals surface area contributed by atoms with Crippen LogP contribution >= 0.6 is 0 Å². The van der Waals surface area contributed by atoms with Crippen molar-refractivity contribution in [3.63, 3.8) is 0 Å². The van der Waals surface area contributed by atoms with Crippen molar-refractivity contribution in [2.75, 3.05) is 0 Å². The Bertz CT molecular complexity index is 1860. The van der Waals surface area contributed by atoms with Crippen LogP contribution in [0.2, 0.25) is 88.6 Å². The number of hydrogen-bond donors (Lipinski definition) is 0. The molecule has 0 saturated heterocycles. The van der Waals surface area contributed by atoms with Gasteiger partial charge in [-0.25, -0.2) is 0 Å². The van der Waals surface area contributed by atoms with Gasteiger partial charge in [0, 0.05) is 0 Å². The average Bonchev–Trinajstić information content (AvgIpc) is 3.37. The highest BCUT2D eigenvalue weighted by Crippen LogP contribution is 2.28. The maximum Gasteiger partial charge on any atom is 0.245 e. The van der Waals surface area contributed by atoms with Crippen molar-refractivity contribution >= 4 is 80.5 Å². The van der Waals surface area contributed by atoms with Crippen LogP contribution in [0.5, 0.6) is 0 Å². The molecule has 0 spiro atoms. The molecule has 5 rings (SSSR count). The maximum atomic E-state index is 8.05. The van der Waals surface area contributed by atoms with E-state index in [1.165, 1.54) is 96.3 Å². The molecule has 0 fully saturated rings. The van der Waals surface area contributed by atoms with Crippen molar-refractivity contribution in [2.45, 2.75) is 207 Å². The zero-order chi connectivity index (χ0) is 51.6. The lowest BCUT2D eigenvalue weighted by atomic mass is 10.4. The van der Waals surface area contributed by atoms with E-state index in [1.54, 1.807) is 10.4 Å². The summed E-state index contributed by atoms with van der Waals surface area (Å²) in [7, 11) is -10.2. The SMILES string of the molecule is CCCC[Si](C)(C)O[Si](C)(C)CCCC.CCCC[Si](C)(C)c1ccc([Si](C)(C)CCCC)cc1.CCCC[Si](O[Si](CCCC)(c1ccccc1)c1ccccc1)(c1ccccc1)c1ccccc1. The fourth-order valence-corrected chi connectivity index (χ4v) is 36.1. The molecular weight excluding hydrogens is 945 g/mol. The second kappa shape index (κ2) is 31.1. The Morgan fingerprint density at radius 3 is 0.729 bits per heavy atom. The monoisotopic (exact) mass is 1050 g/mol. The largest absolute Gasteiger partial charge is 0.455 e. The minimum atomic E-state index is -2.56. The van der Waals surface area contributed by atoms with E-state index < -0.39 is 49.4 Å². The van der Waals surface area contributed by atoms with Gasteiger partial charge >= 0.3 is 0 Å². The highest BCUT2D eigenvalue weighted by Gasteiger charge is 2.49. The number of benzene rings is 5.